The third kappa shape index (κ3) is 2.94. The van der Waals surface area contributed by atoms with Gasteiger partial charge in [0.15, 0.2) is 0 Å². The van der Waals surface area contributed by atoms with Crippen molar-refractivity contribution >= 4 is 5.91 Å². The van der Waals surface area contributed by atoms with Crippen LogP contribution in [0.1, 0.15) is 48.0 Å². The van der Waals surface area contributed by atoms with Crippen LogP contribution in [-0.4, -0.2) is 22.9 Å². The second-order valence-corrected chi connectivity index (χ2v) is 7.62. The smallest absolute Gasteiger partial charge is 0.272 e. The van der Waals surface area contributed by atoms with Crippen molar-refractivity contribution in [3.8, 4) is 0 Å². The highest BCUT2D eigenvalue weighted by molar-refractivity contribution is 5.97. The zero-order chi connectivity index (χ0) is 14.4. The molecule has 2 rings (SSSR count). The second-order valence-electron chi connectivity index (χ2n) is 7.62. The Morgan fingerprint density at radius 1 is 1.16 bits per heavy atom. The maximum atomic E-state index is 12.3. The molecule has 2 heterocycles. The van der Waals surface area contributed by atoms with Gasteiger partial charge in [-0.05, 0) is 38.7 Å². The molecule has 0 aromatic rings. The van der Waals surface area contributed by atoms with E-state index in [0.29, 0.717) is 12.2 Å². The lowest BCUT2D eigenvalue weighted by Gasteiger charge is -2.32. The van der Waals surface area contributed by atoms with Gasteiger partial charge in [-0.2, -0.15) is 0 Å². The van der Waals surface area contributed by atoms with E-state index in [2.05, 4.69) is 58.5 Å². The molecule has 0 unspecified atom stereocenters. The summed E-state index contributed by atoms with van der Waals surface area (Å²) >= 11 is 0. The summed E-state index contributed by atoms with van der Waals surface area (Å²) in [5.74, 6) is 0.0843. The van der Waals surface area contributed by atoms with Crippen molar-refractivity contribution in [1.82, 2.24) is 15.8 Å². The SMILES string of the molecule is CC(C)(C)CC1=CC2=C(NN1)C(=O)N(C(C)(C)C)C2. The number of hydrogen-bond acceptors (Lipinski definition) is 3. The Balaban J connectivity index is 2.19. The fourth-order valence-corrected chi connectivity index (χ4v) is 2.44. The van der Waals surface area contributed by atoms with Crippen LogP contribution < -0.4 is 10.9 Å². The molecular formula is C15H25N3O. The van der Waals surface area contributed by atoms with Crippen LogP contribution in [0.25, 0.3) is 0 Å². The summed E-state index contributed by atoms with van der Waals surface area (Å²) < 4.78 is 0. The highest BCUT2D eigenvalue weighted by atomic mass is 16.2. The van der Waals surface area contributed by atoms with Crippen LogP contribution in [0.4, 0.5) is 0 Å². The first kappa shape index (κ1) is 14.0. The van der Waals surface area contributed by atoms with E-state index in [1.54, 1.807) is 0 Å². The number of amides is 1. The molecule has 0 atom stereocenters. The number of nitrogens with zero attached hydrogens (tertiary/aromatic N) is 1. The molecule has 0 saturated heterocycles. The molecule has 0 fully saturated rings. The number of carbonyl (C=O) groups excluding carboxylic acids is 1. The summed E-state index contributed by atoms with van der Waals surface area (Å²) in [6.45, 7) is 13.5. The van der Waals surface area contributed by atoms with E-state index in [9.17, 15) is 4.79 Å². The van der Waals surface area contributed by atoms with E-state index in [1.807, 2.05) is 4.90 Å². The van der Waals surface area contributed by atoms with Gasteiger partial charge in [0.05, 0.1) is 0 Å². The van der Waals surface area contributed by atoms with Crippen LogP contribution in [0.2, 0.25) is 0 Å². The lowest BCUT2D eigenvalue weighted by molar-refractivity contribution is -0.130. The third-order valence-electron chi connectivity index (χ3n) is 3.34. The zero-order valence-electron chi connectivity index (χ0n) is 12.8. The van der Waals surface area contributed by atoms with Crippen LogP contribution in [0.3, 0.4) is 0 Å². The number of hydrogen-bond donors (Lipinski definition) is 2. The topological polar surface area (TPSA) is 44.4 Å². The number of nitrogens with one attached hydrogen (secondary N) is 2. The molecule has 2 aliphatic rings. The summed E-state index contributed by atoms with van der Waals surface area (Å²) in [5.41, 5.74) is 9.26. The Hall–Kier alpha value is -1.45. The Labute approximate surface area is 115 Å². The Morgan fingerprint density at radius 2 is 1.79 bits per heavy atom. The quantitative estimate of drug-likeness (QED) is 0.763. The van der Waals surface area contributed by atoms with Gasteiger partial charge in [0.2, 0.25) is 0 Å². The fourth-order valence-electron chi connectivity index (χ4n) is 2.44. The maximum Gasteiger partial charge on any atom is 0.272 e. The van der Waals surface area contributed by atoms with E-state index in [1.165, 1.54) is 0 Å². The second kappa shape index (κ2) is 4.29. The molecule has 0 aromatic heterocycles. The van der Waals surface area contributed by atoms with Crippen LogP contribution in [-0.2, 0) is 4.79 Å². The zero-order valence-corrected chi connectivity index (χ0v) is 12.8. The van der Waals surface area contributed by atoms with Crippen LogP contribution in [0, 0.1) is 5.41 Å². The Kier molecular flexibility index (Phi) is 3.15. The summed E-state index contributed by atoms with van der Waals surface area (Å²) in [4.78, 5) is 14.2. The summed E-state index contributed by atoms with van der Waals surface area (Å²) in [7, 11) is 0. The van der Waals surface area contributed by atoms with Crippen LogP contribution in [0.5, 0.6) is 0 Å². The predicted molar refractivity (Wildman–Crippen MR) is 76.9 cm³/mol. The van der Waals surface area contributed by atoms with Gasteiger partial charge in [0.1, 0.15) is 5.70 Å². The molecule has 0 aliphatic carbocycles. The largest absolute Gasteiger partial charge is 0.328 e. The van der Waals surface area contributed by atoms with E-state index in [4.69, 9.17) is 0 Å². The van der Waals surface area contributed by atoms with Gasteiger partial charge in [-0.15, -0.1) is 0 Å². The van der Waals surface area contributed by atoms with E-state index in [-0.39, 0.29) is 16.9 Å². The van der Waals surface area contributed by atoms with Gasteiger partial charge < -0.3 is 10.3 Å². The fraction of sp³-hybridized carbons (Fsp3) is 0.667. The minimum atomic E-state index is -0.145. The first-order valence-corrected chi connectivity index (χ1v) is 6.86. The molecular weight excluding hydrogens is 238 g/mol. The highest BCUT2D eigenvalue weighted by Gasteiger charge is 2.37. The molecule has 1 amide bonds. The van der Waals surface area contributed by atoms with Crippen LogP contribution in [0.15, 0.2) is 23.0 Å². The maximum absolute atomic E-state index is 12.3. The highest BCUT2D eigenvalue weighted by Crippen LogP contribution is 2.30. The van der Waals surface area contributed by atoms with E-state index in [0.717, 1.165) is 17.7 Å². The monoisotopic (exact) mass is 263 g/mol. The van der Waals surface area contributed by atoms with Gasteiger partial charge in [-0.25, -0.2) is 0 Å². The van der Waals surface area contributed by atoms with Gasteiger partial charge >= 0.3 is 0 Å². The normalized spacial score (nSPS) is 20.0. The van der Waals surface area contributed by atoms with Gasteiger partial charge in [-0.1, -0.05) is 20.8 Å². The van der Waals surface area contributed by atoms with Crippen molar-refractivity contribution in [2.45, 2.75) is 53.5 Å². The average Bonchev–Trinajstić information content (AvgIpc) is 2.52. The molecule has 0 aromatic carbocycles. The molecule has 2 aliphatic heterocycles. The van der Waals surface area contributed by atoms with Gasteiger partial charge in [0.25, 0.3) is 5.91 Å². The number of rotatable bonds is 1. The first-order chi connectivity index (χ1) is 8.58. The van der Waals surface area contributed by atoms with Crippen molar-refractivity contribution in [2.24, 2.45) is 5.41 Å². The van der Waals surface area contributed by atoms with Gasteiger partial charge in [-0.3, -0.25) is 10.2 Å². The average molecular weight is 263 g/mol. The summed E-state index contributed by atoms with van der Waals surface area (Å²) in [6.07, 6.45) is 3.08. The molecule has 4 heteroatoms. The third-order valence-corrected chi connectivity index (χ3v) is 3.34. The standard InChI is InChI=1S/C15H25N3O/c1-14(2,3)8-11-7-10-9-18(15(4,5)6)13(19)12(10)17-16-11/h7,16-17H,8-9H2,1-6H3. The molecule has 106 valence electrons. The van der Waals surface area contributed by atoms with Crippen molar-refractivity contribution in [3.05, 3.63) is 23.0 Å². The lowest BCUT2D eigenvalue weighted by atomic mass is 9.90. The van der Waals surface area contributed by atoms with Crippen molar-refractivity contribution in [2.75, 3.05) is 6.54 Å². The Morgan fingerprint density at radius 3 is 2.32 bits per heavy atom. The van der Waals surface area contributed by atoms with E-state index >= 15 is 0 Å². The Bertz CT molecular complexity index is 461. The minimum absolute atomic E-state index is 0.0843. The molecule has 0 bridgehead atoms. The number of allylic oxidation sites excluding steroid dienone is 1. The molecule has 0 spiro atoms. The van der Waals surface area contributed by atoms with Crippen LogP contribution >= 0.6 is 0 Å². The summed E-state index contributed by atoms with van der Waals surface area (Å²) in [5, 5.41) is 0. The van der Waals surface area contributed by atoms with Crippen molar-refractivity contribution in [3.63, 3.8) is 0 Å². The molecule has 19 heavy (non-hydrogen) atoms. The first-order valence-electron chi connectivity index (χ1n) is 6.86. The molecule has 0 radical (unpaired) electrons. The van der Waals surface area contributed by atoms with Crippen molar-refractivity contribution < 1.29 is 4.79 Å². The molecule has 2 N–H and O–H groups in total. The van der Waals surface area contributed by atoms with Gasteiger partial charge in [0, 0.05) is 23.4 Å². The number of carbonyl (C=O) groups is 1. The molecule has 0 saturated carbocycles. The van der Waals surface area contributed by atoms with Crippen molar-refractivity contribution in [1.29, 1.82) is 0 Å². The van der Waals surface area contributed by atoms with E-state index < -0.39 is 0 Å². The predicted octanol–water partition coefficient (Wildman–Crippen LogP) is 2.31. The number of hydrazine groups is 1. The molecule has 4 nitrogen and oxygen atoms in total. The minimum Gasteiger partial charge on any atom is -0.328 e. The summed E-state index contributed by atoms with van der Waals surface area (Å²) in [6, 6.07) is 0. The lowest BCUT2D eigenvalue weighted by Crippen LogP contribution is -2.45.